The minimum atomic E-state index is -0.548. The monoisotopic (exact) mass is 454 g/mol. The third kappa shape index (κ3) is 3.62. The summed E-state index contributed by atoms with van der Waals surface area (Å²) in [6.07, 6.45) is 0. The normalized spacial score (nSPS) is 11.9. The smallest absolute Gasteiger partial charge is 0.329 e. The van der Waals surface area contributed by atoms with Gasteiger partial charge in [-0.15, -0.1) is 0 Å². The van der Waals surface area contributed by atoms with Crippen molar-refractivity contribution in [3.63, 3.8) is 0 Å². The summed E-state index contributed by atoms with van der Waals surface area (Å²) in [7, 11) is 1.55. The standard InChI is InChI=1S/C25H22N6O3/c1-15(18-11-5-6-13-20(18)32)28-29-24-26-22-21(23(33)27-25(34)30(22)2)31(24)14-17-10-7-9-16-8-3-4-12-19(16)17/h3-13,32H,14H2,1-2H3,(H,26,29)(H,27,33,34). The highest BCUT2D eigenvalue weighted by atomic mass is 16.3. The number of benzene rings is 3. The van der Waals surface area contributed by atoms with Crippen LogP contribution in [0.3, 0.4) is 0 Å². The molecule has 170 valence electrons. The van der Waals surface area contributed by atoms with Gasteiger partial charge in [0, 0.05) is 12.6 Å². The number of imidazole rings is 1. The van der Waals surface area contributed by atoms with E-state index in [9.17, 15) is 14.7 Å². The number of hydrazone groups is 1. The minimum Gasteiger partial charge on any atom is -0.507 e. The van der Waals surface area contributed by atoms with Crippen LogP contribution in [0.15, 0.2) is 81.4 Å². The summed E-state index contributed by atoms with van der Waals surface area (Å²) in [6, 6.07) is 20.8. The molecule has 0 saturated heterocycles. The summed E-state index contributed by atoms with van der Waals surface area (Å²) < 4.78 is 3.00. The summed E-state index contributed by atoms with van der Waals surface area (Å²) in [4.78, 5) is 31.9. The van der Waals surface area contributed by atoms with Crippen LogP contribution in [-0.2, 0) is 13.6 Å². The van der Waals surface area contributed by atoms with E-state index in [1.807, 2.05) is 42.5 Å². The molecule has 0 radical (unpaired) electrons. The number of aromatic amines is 1. The number of hydrogen-bond donors (Lipinski definition) is 3. The Morgan fingerprint density at radius 3 is 2.62 bits per heavy atom. The van der Waals surface area contributed by atoms with Gasteiger partial charge in [-0.3, -0.25) is 18.9 Å². The first-order valence-corrected chi connectivity index (χ1v) is 10.7. The Labute approximate surface area is 193 Å². The average molecular weight is 454 g/mol. The summed E-state index contributed by atoms with van der Waals surface area (Å²) in [5, 5.41) is 16.7. The van der Waals surface area contributed by atoms with Crippen molar-refractivity contribution in [3.8, 4) is 5.75 Å². The van der Waals surface area contributed by atoms with E-state index in [1.54, 1.807) is 42.8 Å². The zero-order valence-corrected chi connectivity index (χ0v) is 18.6. The van der Waals surface area contributed by atoms with Gasteiger partial charge >= 0.3 is 5.69 Å². The molecule has 9 nitrogen and oxygen atoms in total. The molecular formula is C25H22N6O3. The SMILES string of the molecule is CC(=NNc1nc2c(c(=O)[nH]c(=O)n2C)n1Cc1cccc2ccccc12)c1ccccc1O. The molecule has 0 saturated carbocycles. The predicted molar refractivity (Wildman–Crippen MR) is 133 cm³/mol. The van der Waals surface area contributed by atoms with Crippen molar-refractivity contribution in [1.82, 2.24) is 19.1 Å². The second-order valence-electron chi connectivity index (χ2n) is 7.98. The zero-order valence-electron chi connectivity index (χ0n) is 18.6. The van der Waals surface area contributed by atoms with Crippen molar-refractivity contribution in [2.75, 3.05) is 5.43 Å². The van der Waals surface area contributed by atoms with Gasteiger partial charge in [-0.05, 0) is 35.4 Å². The van der Waals surface area contributed by atoms with Crippen LogP contribution in [0.5, 0.6) is 5.75 Å². The molecule has 0 amide bonds. The first-order chi connectivity index (χ1) is 16.4. The first-order valence-electron chi connectivity index (χ1n) is 10.7. The van der Waals surface area contributed by atoms with Crippen molar-refractivity contribution in [1.29, 1.82) is 0 Å². The first kappa shape index (κ1) is 21.2. The topological polar surface area (TPSA) is 117 Å². The van der Waals surface area contributed by atoms with Gasteiger partial charge in [0.25, 0.3) is 5.56 Å². The predicted octanol–water partition coefficient (Wildman–Crippen LogP) is 3.17. The lowest BCUT2D eigenvalue weighted by Gasteiger charge is -2.11. The van der Waals surface area contributed by atoms with Gasteiger partial charge in [0.15, 0.2) is 11.2 Å². The van der Waals surface area contributed by atoms with Gasteiger partial charge in [0.2, 0.25) is 5.95 Å². The summed E-state index contributed by atoms with van der Waals surface area (Å²) in [5.41, 5.74) is 4.44. The number of fused-ring (bicyclic) bond motifs is 2. The highest BCUT2D eigenvalue weighted by Gasteiger charge is 2.18. The number of para-hydroxylation sites is 1. The van der Waals surface area contributed by atoms with Crippen molar-refractivity contribution >= 4 is 33.6 Å². The summed E-state index contributed by atoms with van der Waals surface area (Å²) in [5.74, 6) is 0.401. The maximum absolute atomic E-state index is 12.8. The van der Waals surface area contributed by atoms with E-state index in [0.29, 0.717) is 23.8 Å². The molecule has 0 fully saturated rings. The lowest BCUT2D eigenvalue weighted by molar-refractivity contribution is 0.474. The molecule has 0 unspecified atom stereocenters. The molecule has 3 N–H and O–H groups in total. The van der Waals surface area contributed by atoms with Crippen LogP contribution in [0.1, 0.15) is 18.1 Å². The molecule has 2 heterocycles. The highest BCUT2D eigenvalue weighted by molar-refractivity contribution is 6.01. The molecule has 0 aliphatic rings. The molecule has 0 aliphatic heterocycles. The van der Waals surface area contributed by atoms with E-state index in [2.05, 4.69) is 20.5 Å². The molecule has 5 rings (SSSR count). The Kier molecular flexibility index (Phi) is 5.21. The molecule has 2 aromatic heterocycles. The molecule has 0 aliphatic carbocycles. The van der Waals surface area contributed by atoms with Crippen LogP contribution in [0.4, 0.5) is 5.95 Å². The van der Waals surface area contributed by atoms with E-state index < -0.39 is 11.2 Å². The number of nitrogens with zero attached hydrogens (tertiary/aromatic N) is 4. The number of aromatic nitrogens is 4. The number of H-pyrrole nitrogens is 1. The quantitative estimate of drug-likeness (QED) is 0.279. The number of aryl methyl sites for hydroxylation is 1. The second-order valence-corrected chi connectivity index (χ2v) is 7.98. The maximum atomic E-state index is 12.8. The van der Waals surface area contributed by atoms with Crippen molar-refractivity contribution in [2.45, 2.75) is 13.5 Å². The molecule has 0 spiro atoms. The minimum absolute atomic E-state index is 0.105. The summed E-state index contributed by atoms with van der Waals surface area (Å²) in [6.45, 7) is 2.08. The highest BCUT2D eigenvalue weighted by Crippen LogP contribution is 2.24. The Hall–Kier alpha value is -4.66. The third-order valence-electron chi connectivity index (χ3n) is 5.83. The Balaban J connectivity index is 1.67. The average Bonchev–Trinajstić information content (AvgIpc) is 3.20. The molecule has 34 heavy (non-hydrogen) atoms. The van der Waals surface area contributed by atoms with Crippen molar-refractivity contribution in [3.05, 3.63) is 98.7 Å². The van der Waals surface area contributed by atoms with Gasteiger partial charge in [0.1, 0.15) is 5.75 Å². The number of nitrogens with one attached hydrogen (secondary N) is 2. The maximum Gasteiger partial charge on any atom is 0.329 e. The number of phenols is 1. The fraction of sp³-hybridized carbons (Fsp3) is 0.120. The number of anilines is 1. The molecule has 9 heteroatoms. The number of hydrogen-bond acceptors (Lipinski definition) is 6. The van der Waals surface area contributed by atoms with Crippen LogP contribution in [0, 0.1) is 0 Å². The van der Waals surface area contributed by atoms with Crippen LogP contribution in [0.2, 0.25) is 0 Å². The lowest BCUT2D eigenvalue weighted by Crippen LogP contribution is -2.29. The van der Waals surface area contributed by atoms with Crippen LogP contribution in [-0.4, -0.2) is 29.9 Å². The van der Waals surface area contributed by atoms with E-state index in [4.69, 9.17) is 0 Å². The van der Waals surface area contributed by atoms with Crippen LogP contribution in [0.25, 0.3) is 21.9 Å². The van der Waals surface area contributed by atoms with Crippen LogP contribution >= 0.6 is 0 Å². The largest absolute Gasteiger partial charge is 0.507 e. The van der Waals surface area contributed by atoms with E-state index in [0.717, 1.165) is 16.3 Å². The Bertz CT molecular complexity index is 1690. The van der Waals surface area contributed by atoms with Gasteiger partial charge in [-0.1, -0.05) is 54.6 Å². The van der Waals surface area contributed by atoms with Gasteiger partial charge in [-0.2, -0.15) is 10.1 Å². The fourth-order valence-electron chi connectivity index (χ4n) is 4.05. The summed E-state index contributed by atoms with van der Waals surface area (Å²) >= 11 is 0. The lowest BCUT2D eigenvalue weighted by atomic mass is 10.0. The van der Waals surface area contributed by atoms with E-state index in [1.165, 1.54) is 4.57 Å². The van der Waals surface area contributed by atoms with E-state index in [-0.39, 0.29) is 16.9 Å². The molecule has 3 aromatic carbocycles. The Morgan fingerprint density at radius 2 is 1.79 bits per heavy atom. The zero-order chi connectivity index (χ0) is 23.8. The number of rotatable bonds is 5. The number of aromatic hydroxyl groups is 1. The van der Waals surface area contributed by atoms with Crippen molar-refractivity contribution in [2.24, 2.45) is 12.1 Å². The van der Waals surface area contributed by atoms with Gasteiger partial charge in [-0.25, -0.2) is 10.2 Å². The molecule has 0 atom stereocenters. The molecular weight excluding hydrogens is 432 g/mol. The van der Waals surface area contributed by atoms with Gasteiger partial charge in [0.05, 0.1) is 12.3 Å². The van der Waals surface area contributed by atoms with E-state index >= 15 is 0 Å². The number of phenolic OH excluding ortho intramolecular Hbond substituents is 1. The Morgan fingerprint density at radius 1 is 1.06 bits per heavy atom. The molecule has 5 aromatic rings. The second kappa shape index (κ2) is 8.36. The fourth-order valence-corrected chi connectivity index (χ4v) is 4.05. The third-order valence-corrected chi connectivity index (χ3v) is 5.83. The molecule has 0 bridgehead atoms. The van der Waals surface area contributed by atoms with Crippen LogP contribution < -0.4 is 16.7 Å². The van der Waals surface area contributed by atoms with Gasteiger partial charge < -0.3 is 5.11 Å². The van der Waals surface area contributed by atoms with Crippen molar-refractivity contribution < 1.29 is 5.11 Å².